The molecular formula is C16H23F3N4O. The maximum atomic E-state index is 13.1. The van der Waals surface area contributed by atoms with Crippen molar-refractivity contribution in [3.05, 3.63) is 18.2 Å². The van der Waals surface area contributed by atoms with Gasteiger partial charge in [-0.2, -0.15) is 13.2 Å². The molecule has 5 nitrogen and oxygen atoms in total. The van der Waals surface area contributed by atoms with Gasteiger partial charge in [0.2, 0.25) is 0 Å². The Kier molecular flexibility index (Phi) is 4.96. The molecular weight excluding hydrogens is 321 g/mol. The average Bonchev–Trinajstić information content (AvgIpc) is 2.98. The standard InChI is InChI=1S/C16H23F3N4O/c1-11-6-13(24)3-5-22(11)8-12-2-4-23(9-12)14-7-20-10-21-15(14)16(17,18)19/h7,10-13,24H,2-6,8-9H2,1H3. The molecule has 8 heteroatoms. The summed E-state index contributed by atoms with van der Waals surface area (Å²) in [6.07, 6.45) is -0.0934. The van der Waals surface area contributed by atoms with Gasteiger partial charge < -0.3 is 14.9 Å². The molecule has 134 valence electrons. The van der Waals surface area contributed by atoms with Crippen LogP contribution in [0.1, 0.15) is 31.9 Å². The minimum absolute atomic E-state index is 0.0783. The fourth-order valence-corrected chi connectivity index (χ4v) is 3.77. The maximum Gasteiger partial charge on any atom is 0.435 e. The molecule has 1 aromatic rings. The molecule has 0 aromatic carbocycles. The fourth-order valence-electron chi connectivity index (χ4n) is 3.77. The van der Waals surface area contributed by atoms with E-state index < -0.39 is 11.9 Å². The van der Waals surface area contributed by atoms with Crippen LogP contribution in [0.25, 0.3) is 0 Å². The lowest BCUT2D eigenvalue weighted by Gasteiger charge is -2.37. The van der Waals surface area contributed by atoms with Crippen LogP contribution in [0.2, 0.25) is 0 Å². The first-order valence-corrected chi connectivity index (χ1v) is 8.39. The van der Waals surface area contributed by atoms with Crippen molar-refractivity contribution in [2.24, 2.45) is 5.92 Å². The summed E-state index contributed by atoms with van der Waals surface area (Å²) in [4.78, 5) is 11.3. The zero-order chi connectivity index (χ0) is 17.3. The molecule has 1 N–H and O–H groups in total. The second-order valence-electron chi connectivity index (χ2n) is 6.88. The SMILES string of the molecule is CC1CC(O)CCN1CC1CCN(c2cncnc2C(F)(F)F)C1. The van der Waals surface area contributed by atoms with Gasteiger partial charge in [0.1, 0.15) is 6.33 Å². The number of aliphatic hydroxyl groups excluding tert-OH is 1. The van der Waals surface area contributed by atoms with E-state index in [9.17, 15) is 18.3 Å². The summed E-state index contributed by atoms with van der Waals surface area (Å²) >= 11 is 0. The quantitative estimate of drug-likeness (QED) is 0.911. The van der Waals surface area contributed by atoms with E-state index in [1.54, 1.807) is 4.90 Å². The van der Waals surface area contributed by atoms with Crippen molar-refractivity contribution in [3.8, 4) is 0 Å². The van der Waals surface area contributed by atoms with E-state index in [2.05, 4.69) is 21.8 Å². The lowest BCUT2D eigenvalue weighted by molar-refractivity contribution is -0.140. The van der Waals surface area contributed by atoms with Gasteiger partial charge in [-0.15, -0.1) is 0 Å². The summed E-state index contributed by atoms with van der Waals surface area (Å²) in [7, 11) is 0. The predicted molar refractivity (Wildman–Crippen MR) is 83.6 cm³/mol. The topological polar surface area (TPSA) is 52.5 Å². The number of anilines is 1. The summed E-state index contributed by atoms with van der Waals surface area (Å²) in [6, 6.07) is 0.314. The number of aliphatic hydroxyl groups is 1. The summed E-state index contributed by atoms with van der Waals surface area (Å²) in [5.41, 5.74) is -0.776. The third-order valence-electron chi connectivity index (χ3n) is 5.07. The molecule has 3 rings (SSSR count). The zero-order valence-electron chi connectivity index (χ0n) is 13.7. The van der Waals surface area contributed by atoms with E-state index in [-0.39, 0.29) is 11.8 Å². The molecule has 3 heterocycles. The van der Waals surface area contributed by atoms with E-state index >= 15 is 0 Å². The van der Waals surface area contributed by atoms with Crippen molar-refractivity contribution in [1.29, 1.82) is 0 Å². The predicted octanol–water partition coefficient (Wildman–Crippen LogP) is 2.17. The highest BCUT2D eigenvalue weighted by atomic mass is 19.4. The fraction of sp³-hybridized carbons (Fsp3) is 0.750. The van der Waals surface area contributed by atoms with Gasteiger partial charge in [0.15, 0.2) is 5.69 Å². The third kappa shape index (κ3) is 3.80. The van der Waals surface area contributed by atoms with Crippen LogP contribution in [0.5, 0.6) is 0 Å². The number of hydrogen-bond donors (Lipinski definition) is 1. The highest BCUT2D eigenvalue weighted by molar-refractivity contribution is 5.50. The molecule has 3 unspecified atom stereocenters. The van der Waals surface area contributed by atoms with Gasteiger partial charge in [0.05, 0.1) is 18.0 Å². The van der Waals surface area contributed by atoms with Crippen LogP contribution in [-0.4, -0.2) is 58.3 Å². The molecule has 0 saturated carbocycles. The summed E-state index contributed by atoms with van der Waals surface area (Å²) in [6.45, 7) is 4.98. The summed E-state index contributed by atoms with van der Waals surface area (Å²) in [5.74, 6) is 0.323. The first-order chi connectivity index (χ1) is 11.3. The van der Waals surface area contributed by atoms with Crippen molar-refractivity contribution in [1.82, 2.24) is 14.9 Å². The lowest BCUT2D eigenvalue weighted by Crippen LogP contribution is -2.45. The Bertz CT molecular complexity index is 568. The molecule has 0 radical (unpaired) electrons. The van der Waals surface area contributed by atoms with Gasteiger partial charge >= 0.3 is 6.18 Å². The van der Waals surface area contributed by atoms with Crippen molar-refractivity contribution < 1.29 is 18.3 Å². The van der Waals surface area contributed by atoms with Crippen LogP contribution in [0, 0.1) is 5.92 Å². The molecule has 2 fully saturated rings. The van der Waals surface area contributed by atoms with Crippen LogP contribution in [0.3, 0.4) is 0 Å². The van der Waals surface area contributed by atoms with E-state index in [4.69, 9.17) is 0 Å². The maximum absolute atomic E-state index is 13.1. The number of nitrogens with zero attached hydrogens (tertiary/aromatic N) is 4. The van der Waals surface area contributed by atoms with Crippen molar-refractivity contribution >= 4 is 5.69 Å². The molecule has 2 saturated heterocycles. The Morgan fingerprint density at radius 1 is 1.29 bits per heavy atom. The minimum atomic E-state index is -4.46. The van der Waals surface area contributed by atoms with Crippen LogP contribution >= 0.6 is 0 Å². The van der Waals surface area contributed by atoms with Gasteiger partial charge in [-0.25, -0.2) is 9.97 Å². The van der Waals surface area contributed by atoms with Crippen LogP contribution in [0.15, 0.2) is 12.5 Å². The van der Waals surface area contributed by atoms with E-state index in [0.29, 0.717) is 25.0 Å². The van der Waals surface area contributed by atoms with Crippen LogP contribution in [0.4, 0.5) is 18.9 Å². The number of piperidine rings is 1. The van der Waals surface area contributed by atoms with Gasteiger partial charge in [0.25, 0.3) is 0 Å². The Morgan fingerprint density at radius 2 is 2.08 bits per heavy atom. The smallest absolute Gasteiger partial charge is 0.393 e. The summed E-state index contributed by atoms with van der Waals surface area (Å²) in [5, 5.41) is 9.70. The Balaban J connectivity index is 1.64. The van der Waals surface area contributed by atoms with E-state index in [0.717, 1.165) is 38.7 Å². The molecule has 3 atom stereocenters. The normalized spacial score (nSPS) is 29.2. The number of rotatable bonds is 3. The Labute approximate surface area is 139 Å². The number of halogens is 3. The largest absolute Gasteiger partial charge is 0.435 e. The van der Waals surface area contributed by atoms with E-state index in [1.165, 1.54) is 6.20 Å². The first-order valence-electron chi connectivity index (χ1n) is 8.39. The number of aromatic nitrogens is 2. The van der Waals surface area contributed by atoms with Gasteiger partial charge in [-0.05, 0) is 32.1 Å². The number of hydrogen-bond acceptors (Lipinski definition) is 5. The molecule has 0 amide bonds. The highest BCUT2D eigenvalue weighted by Gasteiger charge is 2.38. The Hall–Kier alpha value is -1.41. The molecule has 0 aliphatic carbocycles. The zero-order valence-corrected chi connectivity index (χ0v) is 13.7. The van der Waals surface area contributed by atoms with E-state index in [1.807, 2.05) is 0 Å². The van der Waals surface area contributed by atoms with Gasteiger partial charge in [0, 0.05) is 32.2 Å². The lowest BCUT2D eigenvalue weighted by atomic mass is 9.98. The molecule has 0 spiro atoms. The first kappa shape index (κ1) is 17.4. The van der Waals surface area contributed by atoms with Crippen LogP contribution in [-0.2, 0) is 6.18 Å². The summed E-state index contributed by atoms with van der Waals surface area (Å²) < 4.78 is 39.3. The van der Waals surface area contributed by atoms with Crippen molar-refractivity contribution in [3.63, 3.8) is 0 Å². The molecule has 2 aliphatic rings. The highest BCUT2D eigenvalue weighted by Crippen LogP contribution is 2.36. The Morgan fingerprint density at radius 3 is 2.79 bits per heavy atom. The third-order valence-corrected chi connectivity index (χ3v) is 5.07. The minimum Gasteiger partial charge on any atom is -0.393 e. The molecule has 2 aliphatic heterocycles. The van der Waals surface area contributed by atoms with Crippen LogP contribution < -0.4 is 4.90 Å². The van der Waals surface area contributed by atoms with Crippen molar-refractivity contribution in [2.45, 2.75) is 44.5 Å². The molecule has 24 heavy (non-hydrogen) atoms. The average molecular weight is 344 g/mol. The number of likely N-dealkylation sites (tertiary alicyclic amines) is 1. The van der Waals surface area contributed by atoms with Crippen molar-refractivity contribution in [2.75, 3.05) is 31.1 Å². The molecule has 1 aromatic heterocycles. The monoisotopic (exact) mass is 344 g/mol. The second-order valence-corrected chi connectivity index (χ2v) is 6.88. The van der Waals surface area contributed by atoms with Gasteiger partial charge in [-0.1, -0.05) is 0 Å². The molecule has 0 bridgehead atoms. The second kappa shape index (κ2) is 6.84. The number of alkyl halides is 3. The van der Waals surface area contributed by atoms with Gasteiger partial charge in [-0.3, -0.25) is 0 Å².